The number of nitrogens with zero attached hydrogens (tertiary/aromatic N) is 1. The lowest BCUT2D eigenvalue weighted by atomic mass is 10.0. The Labute approximate surface area is 91.1 Å². The first kappa shape index (κ1) is 12.5. The highest BCUT2D eigenvalue weighted by atomic mass is 19.3. The topological polar surface area (TPSA) is 76.2 Å². The third kappa shape index (κ3) is 2.73. The molecule has 1 aromatic heterocycles. The number of halogens is 2. The predicted molar refractivity (Wildman–Crippen MR) is 53.2 cm³/mol. The van der Waals surface area contributed by atoms with Crippen LogP contribution in [-0.4, -0.2) is 16.1 Å². The summed E-state index contributed by atoms with van der Waals surface area (Å²) in [4.78, 5) is 14.4. The molecule has 1 heterocycles. The van der Waals surface area contributed by atoms with Crippen molar-refractivity contribution in [3.8, 4) is 0 Å². The number of aliphatic carboxylic acids is 1. The first-order valence-corrected chi connectivity index (χ1v) is 4.65. The third-order valence-corrected chi connectivity index (χ3v) is 2.19. The summed E-state index contributed by atoms with van der Waals surface area (Å²) in [6.45, 7) is 1.51. The van der Waals surface area contributed by atoms with Crippen LogP contribution in [0.3, 0.4) is 0 Å². The van der Waals surface area contributed by atoms with E-state index >= 15 is 0 Å². The van der Waals surface area contributed by atoms with Gasteiger partial charge in [0.25, 0.3) is 6.43 Å². The number of hydrogen-bond acceptors (Lipinski definition) is 3. The van der Waals surface area contributed by atoms with Crippen LogP contribution in [0.4, 0.5) is 8.78 Å². The normalized spacial score (nSPS) is 10.8. The van der Waals surface area contributed by atoms with E-state index in [1.807, 2.05) is 0 Å². The van der Waals surface area contributed by atoms with Crippen LogP contribution in [0.5, 0.6) is 0 Å². The van der Waals surface area contributed by atoms with E-state index in [2.05, 4.69) is 4.98 Å². The van der Waals surface area contributed by atoms with Crippen molar-refractivity contribution in [1.82, 2.24) is 4.98 Å². The summed E-state index contributed by atoms with van der Waals surface area (Å²) in [5.41, 5.74) is 5.88. The minimum absolute atomic E-state index is 0.0359. The highest BCUT2D eigenvalue weighted by Crippen LogP contribution is 2.25. The monoisotopic (exact) mass is 230 g/mol. The fraction of sp³-hybridized carbons (Fsp3) is 0.400. The van der Waals surface area contributed by atoms with E-state index in [0.717, 1.165) is 6.07 Å². The van der Waals surface area contributed by atoms with Crippen LogP contribution in [0.15, 0.2) is 6.07 Å². The van der Waals surface area contributed by atoms with Crippen molar-refractivity contribution in [3.05, 3.63) is 28.6 Å². The van der Waals surface area contributed by atoms with Gasteiger partial charge in [-0.05, 0) is 18.6 Å². The van der Waals surface area contributed by atoms with Crippen molar-refractivity contribution in [2.45, 2.75) is 26.3 Å². The molecule has 6 heteroatoms. The van der Waals surface area contributed by atoms with Gasteiger partial charge in [0.05, 0.1) is 12.1 Å². The van der Waals surface area contributed by atoms with Gasteiger partial charge in [0.15, 0.2) is 0 Å². The summed E-state index contributed by atoms with van der Waals surface area (Å²) < 4.78 is 25.4. The zero-order chi connectivity index (χ0) is 12.3. The molecule has 0 amide bonds. The maximum absolute atomic E-state index is 12.7. The summed E-state index contributed by atoms with van der Waals surface area (Å²) in [5.74, 6) is -1.10. The number of carbonyl (C=O) groups is 1. The molecule has 0 aliphatic carbocycles. The standard InChI is InChI=1S/C10H12F2N2O2/c1-5-8(4-13)7(10(11)12)2-6(14-5)3-9(15)16/h2,10H,3-4,13H2,1H3,(H,15,16). The quantitative estimate of drug-likeness (QED) is 0.820. The molecule has 0 aromatic carbocycles. The molecule has 0 atom stereocenters. The molecule has 0 aliphatic heterocycles. The van der Waals surface area contributed by atoms with E-state index in [1.165, 1.54) is 0 Å². The SMILES string of the molecule is Cc1nc(CC(=O)O)cc(C(F)F)c1CN. The van der Waals surface area contributed by atoms with Gasteiger partial charge in [-0.25, -0.2) is 8.78 Å². The summed E-state index contributed by atoms with van der Waals surface area (Å²) in [6.07, 6.45) is -3.04. The van der Waals surface area contributed by atoms with Gasteiger partial charge in [-0.3, -0.25) is 9.78 Å². The van der Waals surface area contributed by atoms with Crippen LogP contribution in [0.1, 0.15) is 28.9 Å². The molecule has 3 N–H and O–H groups in total. The Bertz CT molecular complexity index is 408. The zero-order valence-electron chi connectivity index (χ0n) is 8.70. The lowest BCUT2D eigenvalue weighted by Gasteiger charge is -2.11. The molecule has 0 unspecified atom stereocenters. The van der Waals surface area contributed by atoms with Crippen LogP contribution in [-0.2, 0) is 17.8 Å². The number of pyridine rings is 1. The average molecular weight is 230 g/mol. The van der Waals surface area contributed by atoms with Crippen LogP contribution in [0.25, 0.3) is 0 Å². The maximum atomic E-state index is 12.7. The fourth-order valence-corrected chi connectivity index (χ4v) is 1.50. The van der Waals surface area contributed by atoms with Crippen molar-refractivity contribution in [3.63, 3.8) is 0 Å². The zero-order valence-corrected chi connectivity index (χ0v) is 8.70. The first-order valence-electron chi connectivity index (χ1n) is 4.65. The Hall–Kier alpha value is -1.56. The molecule has 0 saturated heterocycles. The molecule has 16 heavy (non-hydrogen) atoms. The van der Waals surface area contributed by atoms with Gasteiger partial charge < -0.3 is 10.8 Å². The van der Waals surface area contributed by atoms with Gasteiger partial charge in [-0.15, -0.1) is 0 Å². The number of carboxylic acid groups (broad SMARTS) is 1. The highest BCUT2D eigenvalue weighted by Gasteiger charge is 2.17. The molecule has 0 aliphatic rings. The predicted octanol–water partition coefficient (Wildman–Crippen LogP) is 1.41. The Morgan fingerprint density at radius 2 is 2.25 bits per heavy atom. The molecular formula is C10H12F2N2O2. The second kappa shape index (κ2) is 4.98. The van der Waals surface area contributed by atoms with E-state index in [4.69, 9.17) is 10.8 Å². The van der Waals surface area contributed by atoms with E-state index in [1.54, 1.807) is 6.92 Å². The fourth-order valence-electron chi connectivity index (χ4n) is 1.50. The Morgan fingerprint density at radius 1 is 1.62 bits per heavy atom. The summed E-state index contributed by atoms with van der Waals surface area (Å²) in [6, 6.07) is 1.11. The maximum Gasteiger partial charge on any atom is 0.309 e. The highest BCUT2D eigenvalue weighted by molar-refractivity contribution is 5.69. The average Bonchev–Trinajstić information content (AvgIpc) is 2.15. The number of carboxylic acids is 1. The van der Waals surface area contributed by atoms with Crippen LogP contribution >= 0.6 is 0 Å². The first-order chi connectivity index (χ1) is 7.45. The lowest BCUT2D eigenvalue weighted by molar-refractivity contribution is -0.136. The molecule has 1 rings (SSSR count). The molecule has 0 spiro atoms. The van der Waals surface area contributed by atoms with E-state index < -0.39 is 12.4 Å². The van der Waals surface area contributed by atoms with Gasteiger partial charge in [0, 0.05) is 17.8 Å². The summed E-state index contributed by atoms with van der Waals surface area (Å²) in [7, 11) is 0. The number of aryl methyl sites for hydroxylation is 1. The number of rotatable bonds is 4. The van der Waals surface area contributed by atoms with Gasteiger partial charge in [0.2, 0.25) is 0 Å². The second-order valence-corrected chi connectivity index (χ2v) is 3.34. The molecule has 0 bridgehead atoms. The van der Waals surface area contributed by atoms with Gasteiger partial charge in [-0.1, -0.05) is 0 Å². The van der Waals surface area contributed by atoms with E-state index in [-0.39, 0.29) is 29.8 Å². The van der Waals surface area contributed by atoms with E-state index in [0.29, 0.717) is 5.69 Å². The summed E-state index contributed by atoms with van der Waals surface area (Å²) in [5, 5.41) is 8.56. The van der Waals surface area contributed by atoms with Gasteiger partial charge in [-0.2, -0.15) is 0 Å². The van der Waals surface area contributed by atoms with Crippen LogP contribution in [0.2, 0.25) is 0 Å². The molecule has 0 fully saturated rings. The number of hydrogen-bond donors (Lipinski definition) is 2. The molecule has 88 valence electrons. The molecule has 1 aromatic rings. The minimum atomic E-state index is -2.67. The largest absolute Gasteiger partial charge is 0.481 e. The second-order valence-electron chi connectivity index (χ2n) is 3.34. The number of nitrogens with two attached hydrogens (primary N) is 1. The number of alkyl halides is 2. The van der Waals surface area contributed by atoms with Gasteiger partial charge in [0.1, 0.15) is 0 Å². The molecular weight excluding hydrogens is 218 g/mol. The van der Waals surface area contributed by atoms with Crippen molar-refractivity contribution in [1.29, 1.82) is 0 Å². The summed E-state index contributed by atoms with van der Waals surface area (Å²) >= 11 is 0. The third-order valence-electron chi connectivity index (χ3n) is 2.19. The molecule has 0 radical (unpaired) electrons. The number of aromatic nitrogens is 1. The Kier molecular flexibility index (Phi) is 3.89. The molecule has 4 nitrogen and oxygen atoms in total. The van der Waals surface area contributed by atoms with Crippen molar-refractivity contribution >= 4 is 5.97 Å². The Balaban J connectivity index is 3.22. The smallest absolute Gasteiger partial charge is 0.309 e. The lowest BCUT2D eigenvalue weighted by Crippen LogP contribution is -2.10. The van der Waals surface area contributed by atoms with Crippen LogP contribution < -0.4 is 5.73 Å². The van der Waals surface area contributed by atoms with Gasteiger partial charge >= 0.3 is 5.97 Å². The molecule has 0 saturated carbocycles. The minimum Gasteiger partial charge on any atom is -0.481 e. The van der Waals surface area contributed by atoms with Crippen molar-refractivity contribution in [2.75, 3.05) is 0 Å². The van der Waals surface area contributed by atoms with E-state index in [9.17, 15) is 13.6 Å². The van der Waals surface area contributed by atoms with Crippen molar-refractivity contribution < 1.29 is 18.7 Å². The Morgan fingerprint density at radius 3 is 2.69 bits per heavy atom. The van der Waals surface area contributed by atoms with Crippen molar-refractivity contribution in [2.24, 2.45) is 5.73 Å². The van der Waals surface area contributed by atoms with Crippen LogP contribution in [0, 0.1) is 6.92 Å².